The zero-order chi connectivity index (χ0) is 20.2. The molecule has 148 valence electrons. The Labute approximate surface area is 171 Å². The summed E-state index contributed by atoms with van der Waals surface area (Å²) in [5, 5.41) is 9.98. The topological polar surface area (TPSA) is 105 Å². The Morgan fingerprint density at radius 3 is 2.97 bits per heavy atom. The van der Waals surface area contributed by atoms with Gasteiger partial charge in [-0.15, -0.1) is 11.3 Å². The molecule has 4 aromatic rings. The first kappa shape index (κ1) is 19.0. The van der Waals surface area contributed by atoms with Crippen molar-refractivity contribution in [2.75, 3.05) is 19.0 Å². The van der Waals surface area contributed by atoms with Gasteiger partial charge in [-0.05, 0) is 29.6 Å². The quantitative estimate of drug-likeness (QED) is 0.373. The summed E-state index contributed by atoms with van der Waals surface area (Å²) in [6.45, 7) is 0.257. The van der Waals surface area contributed by atoms with E-state index in [2.05, 4.69) is 20.6 Å². The van der Waals surface area contributed by atoms with Gasteiger partial charge in [0.2, 0.25) is 0 Å². The molecule has 0 saturated heterocycles. The molecule has 0 aliphatic heterocycles. The molecule has 1 atom stereocenters. The molecule has 0 aliphatic carbocycles. The number of amides is 1. The van der Waals surface area contributed by atoms with Gasteiger partial charge in [0.25, 0.3) is 5.91 Å². The van der Waals surface area contributed by atoms with Gasteiger partial charge in [-0.1, -0.05) is 18.2 Å². The van der Waals surface area contributed by atoms with Gasteiger partial charge in [-0.2, -0.15) is 0 Å². The average molecular weight is 407 g/mol. The number of pyridine rings is 1. The van der Waals surface area contributed by atoms with E-state index in [1.165, 1.54) is 11.3 Å². The number of hydrogen-bond acceptors (Lipinski definition) is 6. The Bertz CT molecular complexity index is 1140. The number of methoxy groups -OCH3 is 1. The first-order valence-corrected chi connectivity index (χ1v) is 9.99. The zero-order valence-electron chi connectivity index (χ0n) is 15.8. The van der Waals surface area contributed by atoms with Crippen LogP contribution >= 0.6 is 11.3 Å². The van der Waals surface area contributed by atoms with Gasteiger partial charge in [0.1, 0.15) is 16.4 Å². The Morgan fingerprint density at radius 1 is 1.28 bits per heavy atom. The second-order valence-electron chi connectivity index (χ2n) is 6.39. The SMILES string of the molecule is COc1ccccc1C(CN)NC(=O)c1ccsc1Nc1ccnc2[nH]ccc12. The maximum absolute atomic E-state index is 13.0. The van der Waals surface area contributed by atoms with Crippen LogP contribution in [0.15, 0.2) is 60.2 Å². The lowest BCUT2D eigenvalue weighted by molar-refractivity contribution is 0.0938. The molecule has 8 heteroatoms. The lowest BCUT2D eigenvalue weighted by Crippen LogP contribution is -2.33. The van der Waals surface area contributed by atoms with Gasteiger partial charge in [0.15, 0.2) is 0 Å². The Morgan fingerprint density at radius 2 is 2.14 bits per heavy atom. The minimum absolute atomic E-state index is 0.200. The fourth-order valence-corrected chi connectivity index (χ4v) is 4.03. The molecule has 0 radical (unpaired) electrons. The van der Waals surface area contributed by atoms with E-state index in [-0.39, 0.29) is 18.5 Å². The first-order valence-electron chi connectivity index (χ1n) is 9.11. The first-order chi connectivity index (χ1) is 14.2. The number of benzene rings is 1. The Kier molecular flexibility index (Phi) is 5.46. The van der Waals surface area contributed by atoms with Crippen LogP contribution in [0.25, 0.3) is 11.0 Å². The monoisotopic (exact) mass is 407 g/mol. The number of H-pyrrole nitrogens is 1. The predicted octanol–water partition coefficient (Wildman–Crippen LogP) is 3.81. The van der Waals surface area contributed by atoms with Crippen LogP contribution in [0, 0.1) is 0 Å². The smallest absolute Gasteiger partial charge is 0.254 e. The van der Waals surface area contributed by atoms with E-state index in [1.54, 1.807) is 19.4 Å². The minimum atomic E-state index is -0.358. The van der Waals surface area contributed by atoms with Crippen molar-refractivity contribution in [3.8, 4) is 5.75 Å². The molecule has 0 saturated carbocycles. The van der Waals surface area contributed by atoms with Crippen molar-refractivity contribution in [3.63, 3.8) is 0 Å². The molecule has 7 nitrogen and oxygen atoms in total. The number of nitrogens with one attached hydrogen (secondary N) is 3. The van der Waals surface area contributed by atoms with E-state index in [9.17, 15) is 4.79 Å². The van der Waals surface area contributed by atoms with E-state index in [0.717, 1.165) is 27.3 Å². The number of aromatic nitrogens is 2. The summed E-state index contributed by atoms with van der Waals surface area (Å²) in [4.78, 5) is 20.4. The number of para-hydroxylation sites is 1. The summed E-state index contributed by atoms with van der Waals surface area (Å²) >= 11 is 1.46. The normalized spacial score (nSPS) is 11.9. The third kappa shape index (κ3) is 3.80. The van der Waals surface area contributed by atoms with Crippen LogP contribution in [-0.2, 0) is 0 Å². The van der Waals surface area contributed by atoms with Crippen LogP contribution < -0.4 is 21.1 Å². The lowest BCUT2D eigenvalue weighted by Gasteiger charge is -2.20. The van der Waals surface area contributed by atoms with Crippen molar-refractivity contribution in [3.05, 3.63) is 71.4 Å². The Balaban J connectivity index is 1.57. The number of nitrogens with zero attached hydrogens (tertiary/aromatic N) is 1. The molecule has 29 heavy (non-hydrogen) atoms. The summed E-state index contributed by atoms with van der Waals surface area (Å²) in [6.07, 6.45) is 3.56. The minimum Gasteiger partial charge on any atom is -0.496 e. The summed E-state index contributed by atoms with van der Waals surface area (Å²) in [5.41, 5.74) is 9.02. The number of carbonyl (C=O) groups is 1. The number of thiophene rings is 1. The number of carbonyl (C=O) groups excluding carboxylic acids is 1. The molecule has 0 spiro atoms. The van der Waals surface area contributed by atoms with E-state index in [4.69, 9.17) is 10.5 Å². The summed E-state index contributed by atoms with van der Waals surface area (Å²) in [6, 6.07) is 12.8. The van der Waals surface area contributed by atoms with Crippen molar-refractivity contribution in [1.29, 1.82) is 0 Å². The molecule has 0 fully saturated rings. The number of nitrogens with two attached hydrogens (primary N) is 1. The van der Waals surface area contributed by atoms with Crippen LogP contribution in [0.2, 0.25) is 0 Å². The van der Waals surface area contributed by atoms with Gasteiger partial charge in [0, 0.05) is 29.9 Å². The van der Waals surface area contributed by atoms with Crippen molar-refractivity contribution in [2.24, 2.45) is 5.73 Å². The van der Waals surface area contributed by atoms with Gasteiger partial charge in [-0.25, -0.2) is 4.98 Å². The van der Waals surface area contributed by atoms with Crippen molar-refractivity contribution in [1.82, 2.24) is 15.3 Å². The van der Waals surface area contributed by atoms with E-state index < -0.39 is 0 Å². The van der Waals surface area contributed by atoms with Crippen LogP contribution in [-0.4, -0.2) is 29.5 Å². The van der Waals surface area contributed by atoms with Crippen molar-refractivity contribution in [2.45, 2.75) is 6.04 Å². The number of ether oxygens (including phenoxy) is 1. The summed E-state index contributed by atoms with van der Waals surface area (Å²) in [5.74, 6) is 0.494. The maximum atomic E-state index is 13.0. The van der Waals surface area contributed by atoms with Gasteiger partial charge in [-0.3, -0.25) is 4.79 Å². The lowest BCUT2D eigenvalue weighted by atomic mass is 10.1. The second kappa shape index (κ2) is 8.34. The molecular formula is C21H21N5O2S. The number of anilines is 2. The predicted molar refractivity (Wildman–Crippen MR) is 116 cm³/mol. The average Bonchev–Trinajstić information content (AvgIpc) is 3.42. The highest BCUT2D eigenvalue weighted by atomic mass is 32.1. The number of rotatable bonds is 7. The molecule has 1 unspecified atom stereocenters. The molecule has 4 rings (SSSR count). The molecule has 0 aliphatic rings. The molecule has 0 bridgehead atoms. The van der Waals surface area contributed by atoms with E-state index in [0.29, 0.717) is 11.3 Å². The molecular weight excluding hydrogens is 386 g/mol. The van der Waals surface area contributed by atoms with Gasteiger partial charge < -0.3 is 26.1 Å². The zero-order valence-corrected chi connectivity index (χ0v) is 16.6. The maximum Gasteiger partial charge on any atom is 0.254 e. The van der Waals surface area contributed by atoms with Crippen molar-refractivity contribution >= 4 is 39.0 Å². The third-order valence-electron chi connectivity index (χ3n) is 4.67. The summed E-state index contributed by atoms with van der Waals surface area (Å²) < 4.78 is 5.41. The highest BCUT2D eigenvalue weighted by molar-refractivity contribution is 7.14. The highest BCUT2D eigenvalue weighted by Crippen LogP contribution is 2.31. The number of hydrogen-bond donors (Lipinski definition) is 4. The van der Waals surface area contributed by atoms with Crippen LogP contribution in [0.1, 0.15) is 22.0 Å². The highest BCUT2D eigenvalue weighted by Gasteiger charge is 2.20. The molecule has 1 amide bonds. The van der Waals surface area contributed by atoms with Crippen LogP contribution in [0.4, 0.5) is 10.7 Å². The molecule has 5 N–H and O–H groups in total. The summed E-state index contributed by atoms with van der Waals surface area (Å²) in [7, 11) is 1.60. The second-order valence-corrected chi connectivity index (χ2v) is 7.31. The standard InChI is InChI=1S/C21H21N5O2S/c1-28-18-5-3-2-4-13(18)17(12-22)25-20(27)15-8-11-29-21(15)26-16-7-10-24-19-14(16)6-9-23-19/h2-11,17H,12,22H2,1H3,(H,25,27)(H2,23,24,26). The van der Waals surface area contributed by atoms with E-state index >= 15 is 0 Å². The largest absolute Gasteiger partial charge is 0.496 e. The van der Waals surface area contributed by atoms with E-state index in [1.807, 2.05) is 48.0 Å². The number of aromatic amines is 1. The van der Waals surface area contributed by atoms with Crippen LogP contribution in [0.3, 0.4) is 0 Å². The Hall–Kier alpha value is -3.36. The number of fused-ring (bicyclic) bond motifs is 1. The third-order valence-corrected chi connectivity index (χ3v) is 5.50. The van der Waals surface area contributed by atoms with Gasteiger partial charge >= 0.3 is 0 Å². The fraction of sp³-hybridized carbons (Fsp3) is 0.143. The van der Waals surface area contributed by atoms with Gasteiger partial charge in [0.05, 0.1) is 24.4 Å². The van der Waals surface area contributed by atoms with Crippen molar-refractivity contribution < 1.29 is 9.53 Å². The molecule has 3 aromatic heterocycles. The molecule has 3 heterocycles. The van der Waals surface area contributed by atoms with Crippen LogP contribution in [0.5, 0.6) is 5.75 Å². The molecule has 1 aromatic carbocycles. The fourth-order valence-electron chi connectivity index (χ4n) is 3.23.